The normalized spacial score (nSPS) is 12.7. The van der Waals surface area contributed by atoms with Gasteiger partial charge < -0.3 is 76.7 Å². The van der Waals surface area contributed by atoms with E-state index < -0.39 is 71.5 Å². The van der Waals surface area contributed by atoms with Crippen LogP contribution in [0.4, 0.5) is 18.9 Å². The molecule has 0 bridgehead atoms. The van der Waals surface area contributed by atoms with E-state index in [-0.39, 0.29) is 93.7 Å². The molecule has 0 aliphatic carbocycles. The van der Waals surface area contributed by atoms with E-state index in [0.717, 1.165) is 0 Å². The number of alkyl halides is 3. The Balaban J connectivity index is 0.00000251. The number of nitrogens with zero attached hydrogens (tertiary/aromatic N) is 3. The molecule has 24 nitrogen and oxygen atoms in total. The first-order valence-corrected chi connectivity index (χ1v) is 18.7. The predicted octanol–water partition coefficient (Wildman–Crippen LogP) is -3.12. The van der Waals surface area contributed by atoms with Gasteiger partial charge in [0, 0.05) is 49.3 Å². The van der Waals surface area contributed by atoms with Crippen LogP contribution >= 0.6 is 0 Å². The summed E-state index contributed by atoms with van der Waals surface area (Å²) >= 11 is 0. The largest absolute Gasteiger partial charge is 0.490 e. The number of nitrogens with two attached hydrogens (primary N) is 8. The van der Waals surface area contributed by atoms with Crippen molar-refractivity contribution < 1.29 is 51.5 Å². The van der Waals surface area contributed by atoms with Crippen LogP contribution in [-0.4, -0.2) is 108 Å². The minimum absolute atomic E-state index is 0.0134. The van der Waals surface area contributed by atoms with Crippen molar-refractivity contribution in [3.05, 3.63) is 40.2 Å². The number of primary amides is 1. The van der Waals surface area contributed by atoms with Gasteiger partial charge in [-0.1, -0.05) is 0 Å². The fourth-order valence-corrected chi connectivity index (χ4v) is 5.21. The summed E-state index contributed by atoms with van der Waals surface area (Å²) in [5, 5.41) is 18.3. The van der Waals surface area contributed by atoms with E-state index in [4.69, 9.17) is 60.2 Å². The van der Waals surface area contributed by atoms with E-state index in [1.807, 2.05) is 0 Å². The van der Waals surface area contributed by atoms with E-state index in [2.05, 4.69) is 36.2 Å². The van der Waals surface area contributed by atoms with Gasteiger partial charge in [0.15, 0.2) is 17.9 Å². The summed E-state index contributed by atoms with van der Waals surface area (Å²) in [5.74, 6) is -6.90. The number of aliphatic imine (C=N–C) groups is 3. The van der Waals surface area contributed by atoms with Gasteiger partial charge in [-0.15, -0.1) is 0 Å². The zero-order valence-electron chi connectivity index (χ0n) is 33.7. The smallest absolute Gasteiger partial charge is 0.475 e. The Bertz CT molecular complexity index is 2010. The molecule has 0 aliphatic rings. The van der Waals surface area contributed by atoms with Crippen LogP contribution < -0.4 is 72.8 Å². The lowest BCUT2D eigenvalue weighted by Gasteiger charge is -2.26. The summed E-state index contributed by atoms with van der Waals surface area (Å²) in [6.45, 7) is 2.20. The Labute approximate surface area is 351 Å². The molecule has 27 heteroatoms. The number of carboxylic acid groups (broad SMARTS) is 1. The van der Waals surface area contributed by atoms with Crippen molar-refractivity contribution in [2.45, 2.75) is 88.6 Å². The van der Waals surface area contributed by atoms with E-state index in [1.165, 1.54) is 12.1 Å². The molecule has 0 radical (unpaired) electrons. The highest BCUT2D eigenvalue weighted by Crippen LogP contribution is 2.21. The maximum absolute atomic E-state index is 13.9. The van der Waals surface area contributed by atoms with E-state index in [9.17, 15) is 41.9 Å². The Kier molecular flexibility index (Phi) is 22.2. The number of halogens is 3. The van der Waals surface area contributed by atoms with Crippen LogP contribution in [0.25, 0.3) is 11.0 Å². The molecular weight excluding hydrogens is 831 g/mol. The maximum Gasteiger partial charge on any atom is 0.490 e. The molecule has 0 saturated heterocycles. The second-order valence-electron chi connectivity index (χ2n) is 13.4. The number of guanidine groups is 3. The molecule has 0 saturated carbocycles. The van der Waals surface area contributed by atoms with Gasteiger partial charge >= 0.3 is 17.8 Å². The zero-order chi connectivity index (χ0) is 47.2. The number of carbonyl (C=O) groups is 6. The van der Waals surface area contributed by atoms with Crippen LogP contribution in [0.15, 0.2) is 48.5 Å². The Hall–Kier alpha value is -7.19. The van der Waals surface area contributed by atoms with Gasteiger partial charge in [0.25, 0.3) is 0 Å². The van der Waals surface area contributed by atoms with Gasteiger partial charge in [-0.3, -0.25) is 38.9 Å². The molecule has 0 aliphatic heterocycles. The first kappa shape index (κ1) is 52.8. The van der Waals surface area contributed by atoms with Crippen molar-refractivity contribution >= 4 is 70.0 Å². The molecule has 2 rings (SSSR count). The Morgan fingerprint density at radius 1 is 0.694 bits per heavy atom. The van der Waals surface area contributed by atoms with Crippen LogP contribution in [0.5, 0.6) is 0 Å². The molecule has 1 heterocycles. The number of benzene rings is 1. The van der Waals surface area contributed by atoms with Gasteiger partial charge in [-0.25, -0.2) is 9.59 Å². The fourth-order valence-electron chi connectivity index (χ4n) is 5.21. The minimum atomic E-state index is -5.08. The van der Waals surface area contributed by atoms with Crippen LogP contribution in [0.2, 0.25) is 0 Å². The van der Waals surface area contributed by atoms with Crippen LogP contribution in [0.1, 0.15) is 56.9 Å². The summed E-state index contributed by atoms with van der Waals surface area (Å²) in [5.41, 5.74) is 44.4. The Morgan fingerprint density at radius 3 is 1.58 bits per heavy atom. The second kappa shape index (κ2) is 26.1. The van der Waals surface area contributed by atoms with Crippen molar-refractivity contribution in [1.82, 2.24) is 16.0 Å². The molecule has 5 amide bonds. The molecule has 1 aromatic heterocycles. The van der Waals surface area contributed by atoms with Crippen molar-refractivity contribution in [1.29, 1.82) is 0 Å². The highest BCUT2D eigenvalue weighted by molar-refractivity contribution is 6.00. The third-order valence-electron chi connectivity index (χ3n) is 8.23. The van der Waals surface area contributed by atoms with Gasteiger partial charge in [0.2, 0.25) is 29.5 Å². The summed E-state index contributed by atoms with van der Waals surface area (Å²) in [4.78, 5) is 98.2. The number of nitrogens with one attached hydrogen (secondary N) is 4. The van der Waals surface area contributed by atoms with Crippen LogP contribution in [0, 0.1) is 6.92 Å². The minimum Gasteiger partial charge on any atom is -0.475 e. The summed E-state index contributed by atoms with van der Waals surface area (Å²) in [6, 6.07) is 1.25. The van der Waals surface area contributed by atoms with Crippen molar-refractivity contribution in [3.8, 4) is 0 Å². The molecule has 344 valence electrons. The highest BCUT2D eigenvalue weighted by atomic mass is 19.4. The van der Waals surface area contributed by atoms with Crippen molar-refractivity contribution in [2.75, 3.05) is 25.0 Å². The van der Waals surface area contributed by atoms with E-state index in [1.54, 1.807) is 19.1 Å². The number of rotatable bonds is 23. The summed E-state index contributed by atoms with van der Waals surface area (Å²) < 4.78 is 37.0. The van der Waals surface area contributed by atoms with Crippen LogP contribution in [-0.2, 0) is 28.8 Å². The highest BCUT2D eigenvalue weighted by Gasteiger charge is 2.38. The first-order valence-electron chi connectivity index (χ1n) is 18.7. The topological polar surface area (TPSA) is 446 Å². The zero-order valence-corrected chi connectivity index (χ0v) is 33.7. The summed E-state index contributed by atoms with van der Waals surface area (Å²) in [7, 11) is 0. The number of aliphatic carboxylic acids is 1. The molecule has 0 fully saturated rings. The SMILES string of the molecule is Cc1cc(=O)oc2cc(NC(=O)C(CCCN=C(N)N)NC(=O)C(CCCN=C(N)N)NC(=O)C(CCC(N)=O)NC(=O)C(N)CCCN=C(N)N)ccc12.O=C(O)C(F)(F)F. The van der Waals surface area contributed by atoms with Crippen LogP contribution in [0.3, 0.4) is 0 Å². The van der Waals surface area contributed by atoms with Crippen molar-refractivity contribution in [2.24, 2.45) is 60.8 Å². The number of amides is 5. The molecule has 1 aromatic carbocycles. The fraction of sp³-hybridized carbons (Fsp3) is 0.486. The number of aryl methyl sites for hydroxylation is 1. The Morgan fingerprint density at radius 2 is 1.13 bits per heavy atom. The lowest BCUT2D eigenvalue weighted by Crippen LogP contribution is -2.57. The summed E-state index contributed by atoms with van der Waals surface area (Å²) in [6.07, 6.45) is -4.53. The number of carbonyl (C=O) groups excluding carboxylic acids is 5. The molecule has 4 atom stereocenters. The monoisotopic (exact) mass is 885 g/mol. The average molecular weight is 886 g/mol. The van der Waals surface area contributed by atoms with E-state index >= 15 is 0 Å². The molecule has 62 heavy (non-hydrogen) atoms. The van der Waals surface area contributed by atoms with Gasteiger partial charge in [-0.2, -0.15) is 13.2 Å². The molecule has 2 aromatic rings. The average Bonchev–Trinajstić information content (AvgIpc) is 3.16. The first-order chi connectivity index (χ1) is 28.9. The number of hydrogen-bond acceptors (Lipinski definition) is 12. The number of hydrogen-bond donors (Lipinski definition) is 13. The van der Waals surface area contributed by atoms with Gasteiger partial charge in [0.05, 0.1) is 6.04 Å². The number of carboxylic acids is 1. The third kappa shape index (κ3) is 21.2. The third-order valence-corrected chi connectivity index (χ3v) is 8.23. The number of anilines is 1. The van der Waals surface area contributed by atoms with Gasteiger partial charge in [-0.05, 0) is 69.6 Å². The maximum atomic E-state index is 13.9. The molecule has 21 N–H and O–H groups in total. The standard InChI is InChI=1S/C33H53N15O7.C2HF3O2/c1-17-15-26(50)55-24-16-18(8-9-19(17)24)45-28(52)21(6-3-13-43-32(38)39)47-29(53)22(7-4-14-44-33(40)41)48-30(54)23(10-11-25(35)49)46-27(51)20(34)5-2-12-42-31(36)37;3-2(4,5)1(6)7/h8-9,15-16,20-23H,2-7,10-14,34H2,1H3,(H2,35,49)(H,45,52)(H,46,51)(H,47,53)(H,48,54)(H4,36,37,42)(H4,38,39,43)(H4,40,41,44);(H,6,7). The number of fused-ring (bicyclic) bond motifs is 1. The quantitative estimate of drug-likeness (QED) is 0.0227. The second-order valence-corrected chi connectivity index (χ2v) is 13.4. The lowest BCUT2D eigenvalue weighted by molar-refractivity contribution is -0.192. The van der Waals surface area contributed by atoms with Crippen molar-refractivity contribution in [3.63, 3.8) is 0 Å². The lowest BCUT2D eigenvalue weighted by atomic mass is 10.0. The molecule has 4 unspecified atom stereocenters. The molecular formula is C35H54F3N15O9. The predicted molar refractivity (Wildman–Crippen MR) is 221 cm³/mol. The van der Waals surface area contributed by atoms with E-state index in [0.29, 0.717) is 17.4 Å². The molecule has 0 spiro atoms. The van der Waals surface area contributed by atoms with Gasteiger partial charge in [0.1, 0.15) is 23.7 Å².